The molecule has 0 heterocycles. The third-order valence-corrected chi connectivity index (χ3v) is 3.51. The maximum atomic E-state index is 10.4. The number of carbonyl (C=O) groups excluding carboxylic acids is 1. The van der Waals surface area contributed by atoms with E-state index in [4.69, 9.17) is 10.5 Å². The molecule has 0 aliphatic rings. The van der Waals surface area contributed by atoms with E-state index in [-0.39, 0.29) is 25.0 Å². The van der Waals surface area contributed by atoms with Crippen LogP contribution in [0.1, 0.15) is 32.8 Å². The Labute approximate surface area is 133 Å². The average molecular weight is 360 g/mol. The van der Waals surface area contributed by atoms with Crippen molar-refractivity contribution >= 4 is 22.0 Å². The highest BCUT2D eigenvalue weighted by Gasteiger charge is 2.22. The van der Waals surface area contributed by atoms with Gasteiger partial charge in [0.25, 0.3) is 0 Å². The number of aliphatic hydroxyl groups is 1. The Hall–Kier alpha value is -1.27. The summed E-state index contributed by atoms with van der Waals surface area (Å²) in [5.74, 6) is 0.728. The van der Waals surface area contributed by atoms with E-state index in [1.54, 1.807) is 0 Å². The lowest BCUT2D eigenvalue weighted by atomic mass is 9.86. The lowest BCUT2D eigenvalue weighted by molar-refractivity contribution is 0.0737. The number of nitrogens with two attached hydrogens (primary N) is 1. The molecule has 0 saturated heterocycles. The normalized spacial score (nSPS) is 12.8. The van der Waals surface area contributed by atoms with Crippen LogP contribution >= 0.6 is 15.9 Å². The molecule has 1 rings (SSSR count). The Morgan fingerprint density at radius 3 is 2.67 bits per heavy atom. The highest BCUT2D eigenvalue weighted by Crippen LogP contribution is 2.37. The van der Waals surface area contributed by atoms with Crippen LogP contribution in [0.2, 0.25) is 0 Å². The predicted octanol–water partition coefficient (Wildman–Crippen LogP) is 2.97. The van der Waals surface area contributed by atoms with Gasteiger partial charge in [-0.05, 0) is 17.5 Å². The van der Waals surface area contributed by atoms with Crippen molar-refractivity contribution in [2.75, 3.05) is 13.2 Å². The van der Waals surface area contributed by atoms with Crippen LogP contribution in [-0.4, -0.2) is 30.5 Å². The number of halogens is 1. The molecule has 1 unspecified atom stereocenters. The molecule has 21 heavy (non-hydrogen) atoms. The van der Waals surface area contributed by atoms with Crippen LogP contribution in [0.5, 0.6) is 5.75 Å². The average Bonchev–Trinajstić information content (AvgIpc) is 2.34. The van der Waals surface area contributed by atoms with Crippen LogP contribution in [0.4, 0.5) is 4.79 Å². The maximum Gasteiger partial charge on any atom is 0.404 e. The summed E-state index contributed by atoms with van der Waals surface area (Å²) in [5, 5.41) is 9.82. The van der Waals surface area contributed by atoms with Gasteiger partial charge in [-0.2, -0.15) is 0 Å². The molecule has 0 aliphatic heterocycles. The Morgan fingerprint density at radius 1 is 1.43 bits per heavy atom. The summed E-state index contributed by atoms with van der Waals surface area (Å²) < 4.78 is 11.3. The monoisotopic (exact) mass is 359 g/mol. The second kappa shape index (κ2) is 7.66. The van der Waals surface area contributed by atoms with Gasteiger partial charge >= 0.3 is 6.09 Å². The molecule has 0 aromatic heterocycles. The molecule has 0 aliphatic carbocycles. The minimum absolute atomic E-state index is 0.0739. The van der Waals surface area contributed by atoms with Crippen LogP contribution in [-0.2, 0) is 10.2 Å². The molecule has 0 bridgehead atoms. The third kappa shape index (κ3) is 5.93. The number of benzene rings is 1. The smallest absolute Gasteiger partial charge is 0.404 e. The summed E-state index contributed by atoms with van der Waals surface area (Å²) in [7, 11) is 0. The topological polar surface area (TPSA) is 81.8 Å². The van der Waals surface area contributed by atoms with Gasteiger partial charge in [0.1, 0.15) is 12.4 Å². The van der Waals surface area contributed by atoms with Crippen LogP contribution < -0.4 is 10.5 Å². The SMILES string of the molecule is CC(C)(C)c1c(Br)cccc1OCC(O)CCOC(N)=O. The largest absolute Gasteiger partial charge is 0.491 e. The standard InChI is InChI=1S/C15H22BrNO4/c1-15(2,3)13-11(16)5-4-6-12(13)21-9-10(18)7-8-20-14(17)19/h4-6,10,18H,7-9H2,1-3H3,(H2,17,19). The zero-order chi connectivity index (χ0) is 16.0. The van der Waals surface area contributed by atoms with Gasteiger partial charge in [0.15, 0.2) is 0 Å². The summed E-state index contributed by atoms with van der Waals surface area (Å²) in [6.45, 7) is 6.48. The maximum absolute atomic E-state index is 10.4. The number of primary amides is 1. The zero-order valence-electron chi connectivity index (χ0n) is 12.6. The first kappa shape index (κ1) is 17.8. The van der Waals surface area contributed by atoms with E-state index in [2.05, 4.69) is 41.4 Å². The van der Waals surface area contributed by atoms with Gasteiger partial charge in [-0.15, -0.1) is 0 Å². The summed E-state index contributed by atoms with van der Waals surface area (Å²) >= 11 is 3.53. The first-order valence-electron chi connectivity index (χ1n) is 6.74. The highest BCUT2D eigenvalue weighted by molar-refractivity contribution is 9.10. The van der Waals surface area contributed by atoms with E-state index in [0.717, 1.165) is 15.8 Å². The van der Waals surface area contributed by atoms with E-state index < -0.39 is 12.2 Å². The molecule has 3 N–H and O–H groups in total. The molecule has 6 heteroatoms. The van der Waals surface area contributed by atoms with Crippen molar-refractivity contribution in [3.63, 3.8) is 0 Å². The van der Waals surface area contributed by atoms with Gasteiger partial charge in [0.2, 0.25) is 0 Å². The molecular formula is C15H22BrNO4. The number of rotatable bonds is 6. The van der Waals surface area contributed by atoms with Crippen molar-refractivity contribution < 1.29 is 19.4 Å². The number of aliphatic hydroxyl groups excluding tert-OH is 1. The molecule has 1 atom stereocenters. The van der Waals surface area contributed by atoms with Crippen molar-refractivity contribution in [3.05, 3.63) is 28.2 Å². The number of carbonyl (C=O) groups is 1. The number of amides is 1. The van der Waals surface area contributed by atoms with Crippen molar-refractivity contribution in [2.45, 2.75) is 38.7 Å². The molecule has 5 nitrogen and oxygen atoms in total. The third-order valence-electron chi connectivity index (χ3n) is 2.85. The second-order valence-corrected chi connectivity index (χ2v) is 6.64. The Morgan fingerprint density at radius 2 is 2.10 bits per heavy atom. The minimum atomic E-state index is -0.842. The van der Waals surface area contributed by atoms with Crippen molar-refractivity contribution in [1.29, 1.82) is 0 Å². The first-order valence-corrected chi connectivity index (χ1v) is 7.53. The van der Waals surface area contributed by atoms with Crippen LogP contribution in [0.3, 0.4) is 0 Å². The highest BCUT2D eigenvalue weighted by atomic mass is 79.9. The number of hydrogen-bond acceptors (Lipinski definition) is 4. The fourth-order valence-corrected chi connectivity index (χ4v) is 2.86. The molecule has 0 fully saturated rings. The molecule has 1 amide bonds. The quantitative estimate of drug-likeness (QED) is 0.817. The Balaban J connectivity index is 2.63. The molecule has 1 aromatic carbocycles. The molecule has 0 spiro atoms. The van der Waals surface area contributed by atoms with Gasteiger partial charge in [0.05, 0.1) is 12.7 Å². The van der Waals surface area contributed by atoms with Gasteiger partial charge in [0, 0.05) is 16.5 Å². The van der Waals surface area contributed by atoms with Crippen LogP contribution in [0, 0.1) is 0 Å². The lowest BCUT2D eigenvalue weighted by Crippen LogP contribution is -2.23. The predicted molar refractivity (Wildman–Crippen MR) is 84.5 cm³/mol. The van der Waals surface area contributed by atoms with Crippen LogP contribution in [0.25, 0.3) is 0 Å². The van der Waals surface area contributed by atoms with E-state index >= 15 is 0 Å². The summed E-state index contributed by atoms with van der Waals surface area (Å²) in [5.41, 5.74) is 5.81. The summed E-state index contributed by atoms with van der Waals surface area (Å²) in [6.07, 6.45) is -1.29. The lowest BCUT2D eigenvalue weighted by Gasteiger charge is -2.25. The van der Waals surface area contributed by atoms with Crippen molar-refractivity contribution in [3.8, 4) is 5.75 Å². The minimum Gasteiger partial charge on any atom is -0.491 e. The van der Waals surface area contributed by atoms with Crippen molar-refractivity contribution in [1.82, 2.24) is 0 Å². The van der Waals surface area contributed by atoms with E-state index in [1.807, 2.05) is 18.2 Å². The summed E-state index contributed by atoms with van der Waals surface area (Å²) in [4.78, 5) is 10.4. The van der Waals surface area contributed by atoms with Gasteiger partial charge in [-0.1, -0.05) is 42.8 Å². The molecule has 118 valence electrons. The number of ether oxygens (including phenoxy) is 2. The molecule has 1 aromatic rings. The molecule has 0 saturated carbocycles. The molecule has 0 radical (unpaired) electrons. The van der Waals surface area contributed by atoms with Gasteiger partial charge in [-0.3, -0.25) is 0 Å². The zero-order valence-corrected chi connectivity index (χ0v) is 14.1. The van der Waals surface area contributed by atoms with E-state index in [0.29, 0.717) is 0 Å². The van der Waals surface area contributed by atoms with Crippen LogP contribution in [0.15, 0.2) is 22.7 Å². The fraction of sp³-hybridized carbons (Fsp3) is 0.533. The summed E-state index contributed by atoms with van der Waals surface area (Å²) in [6, 6.07) is 5.72. The van der Waals surface area contributed by atoms with Crippen molar-refractivity contribution in [2.24, 2.45) is 5.73 Å². The van der Waals surface area contributed by atoms with E-state index in [1.165, 1.54) is 0 Å². The number of hydrogen-bond donors (Lipinski definition) is 2. The fourth-order valence-electron chi connectivity index (χ4n) is 1.92. The second-order valence-electron chi connectivity index (χ2n) is 5.78. The van der Waals surface area contributed by atoms with Gasteiger partial charge in [-0.25, -0.2) is 4.79 Å². The molecular weight excluding hydrogens is 338 g/mol. The van der Waals surface area contributed by atoms with Gasteiger partial charge < -0.3 is 20.3 Å². The Bertz CT molecular complexity index is 485. The Kier molecular flexibility index (Phi) is 6.48. The van der Waals surface area contributed by atoms with E-state index in [9.17, 15) is 9.90 Å². The first-order chi connectivity index (χ1) is 9.71.